The Hall–Kier alpha value is -3.53. The van der Waals surface area contributed by atoms with Crippen molar-refractivity contribution in [3.05, 3.63) is 53.6 Å². The van der Waals surface area contributed by atoms with Crippen LogP contribution < -0.4 is 10.2 Å². The number of rotatable bonds is 5. The van der Waals surface area contributed by atoms with Crippen LogP contribution in [0.15, 0.2) is 47.6 Å². The fourth-order valence-corrected chi connectivity index (χ4v) is 1.88. The van der Waals surface area contributed by atoms with Gasteiger partial charge >= 0.3 is 0 Å². The molecule has 2 aromatic rings. The smallest absolute Gasteiger partial charge is 0.277 e. The third-order valence-electron chi connectivity index (χ3n) is 3.08. The molecule has 0 bridgehead atoms. The summed E-state index contributed by atoms with van der Waals surface area (Å²) in [6, 6.07) is 12.5. The Bertz CT molecular complexity index is 825. The van der Waals surface area contributed by atoms with E-state index in [0.717, 1.165) is 0 Å². The second-order valence-electron chi connectivity index (χ2n) is 4.83. The number of phenolic OH excluding ortho intramolecular Hbond substituents is 2. The maximum atomic E-state index is 11.8. The van der Waals surface area contributed by atoms with Crippen molar-refractivity contribution in [2.45, 2.75) is 6.92 Å². The highest BCUT2D eigenvalue weighted by Crippen LogP contribution is 2.22. The van der Waals surface area contributed by atoms with Crippen LogP contribution in [0, 0.1) is 11.3 Å². The van der Waals surface area contributed by atoms with Crippen LogP contribution >= 0.6 is 0 Å². The summed E-state index contributed by atoms with van der Waals surface area (Å²) in [7, 11) is 0. The van der Waals surface area contributed by atoms with E-state index in [1.807, 2.05) is 6.07 Å². The average molecular weight is 325 g/mol. The van der Waals surface area contributed by atoms with Crippen LogP contribution in [-0.2, 0) is 4.79 Å². The van der Waals surface area contributed by atoms with E-state index in [0.29, 0.717) is 22.6 Å². The average Bonchev–Trinajstić information content (AvgIpc) is 2.60. The summed E-state index contributed by atoms with van der Waals surface area (Å²) in [6.07, 6.45) is 0. The Kier molecular flexibility index (Phi) is 5.36. The normalized spacial score (nSPS) is 10.8. The lowest BCUT2D eigenvalue weighted by Crippen LogP contribution is -2.25. The Labute approximate surface area is 138 Å². The van der Waals surface area contributed by atoms with Crippen LogP contribution in [0.3, 0.4) is 0 Å². The molecule has 3 N–H and O–H groups in total. The van der Waals surface area contributed by atoms with Crippen molar-refractivity contribution in [1.82, 2.24) is 5.43 Å². The van der Waals surface area contributed by atoms with E-state index < -0.39 is 5.91 Å². The first kappa shape index (κ1) is 16.8. The molecule has 0 saturated heterocycles. The summed E-state index contributed by atoms with van der Waals surface area (Å²) in [5.41, 5.74) is 3.22. The molecular formula is C17H15N3O4. The molecule has 7 nitrogen and oxygen atoms in total. The fraction of sp³-hybridized carbons (Fsp3) is 0.118. The Morgan fingerprint density at radius 2 is 2.04 bits per heavy atom. The zero-order chi connectivity index (χ0) is 17.5. The minimum Gasteiger partial charge on any atom is -0.508 e. The van der Waals surface area contributed by atoms with Crippen LogP contribution in [0.4, 0.5) is 0 Å². The number of ether oxygens (including phenoxy) is 1. The van der Waals surface area contributed by atoms with Gasteiger partial charge in [-0.2, -0.15) is 10.4 Å². The lowest BCUT2D eigenvalue weighted by molar-refractivity contribution is -0.123. The number of nitrogens with zero attached hydrogens (tertiary/aromatic N) is 2. The van der Waals surface area contributed by atoms with Gasteiger partial charge < -0.3 is 14.9 Å². The first-order valence-corrected chi connectivity index (χ1v) is 6.98. The number of carbonyl (C=O) groups is 1. The molecule has 0 aliphatic carbocycles. The highest BCUT2D eigenvalue weighted by atomic mass is 16.5. The molecule has 0 atom stereocenters. The molecule has 24 heavy (non-hydrogen) atoms. The fourth-order valence-electron chi connectivity index (χ4n) is 1.88. The molecule has 2 aromatic carbocycles. The summed E-state index contributed by atoms with van der Waals surface area (Å²) >= 11 is 0. The summed E-state index contributed by atoms with van der Waals surface area (Å²) in [4.78, 5) is 11.8. The molecule has 0 aliphatic heterocycles. The van der Waals surface area contributed by atoms with E-state index in [4.69, 9.17) is 10.00 Å². The second kappa shape index (κ2) is 7.65. The van der Waals surface area contributed by atoms with Gasteiger partial charge in [0.25, 0.3) is 5.91 Å². The van der Waals surface area contributed by atoms with Crippen molar-refractivity contribution in [2.24, 2.45) is 5.10 Å². The summed E-state index contributed by atoms with van der Waals surface area (Å²) in [6.45, 7) is 1.25. The quantitative estimate of drug-likeness (QED) is 0.441. The standard InChI is InChI=1S/C17H15N3O4/c1-11(14-8-13(21)6-7-15(14)22)19-20-17(23)10-24-16-5-3-2-4-12(16)9-18/h2-8,21-22H,10H2,1H3,(H,20,23)/b19-11+. The number of hydrogen-bond donors (Lipinski definition) is 3. The zero-order valence-electron chi connectivity index (χ0n) is 12.9. The summed E-state index contributed by atoms with van der Waals surface area (Å²) < 4.78 is 5.28. The van der Waals surface area contributed by atoms with E-state index in [1.54, 1.807) is 31.2 Å². The lowest BCUT2D eigenvalue weighted by atomic mass is 10.1. The van der Waals surface area contributed by atoms with Gasteiger partial charge in [-0.05, 0) is 37.3 Å². The minimum atomic E-state index is -0.526. The predicted octanol–water partition coefficient (Wildman–Crippen LogP) is 1.89. The molecule has 0 unspecified atom stereocenters. The van der Waals surface area contributed by atoms with E-state index >= 15 is 0 Å². The van der Waals surface area contributed by atoms with Crippen molar-refractivity contribution in [2.75, 3.05) is 6.61 Å². The molecular weight excluding hydrogens is 310 g/mol. The zero-order valence-corrected chi connectivity index (χ0v) is 12.9. The van der Waals surface area contributed by atoms with Crippen LogP contribution in [0.2, 0.25) is 0 Å². The predicted molar refractivity (Wildman–Crippen MR) is 86.8 cm³/mol. The molecule has 0 radical (unpaired) electrons. The Morgan fingerprint density at radius 3 is 2.79 bits per heavy atom. The molecule has 122 valence electrons. The molecule has 0 fully saturated rings. The third-order valence-corrected chi connectivity index (χ3v) is 3.08. The molecule has 1 amide bonds. The van der Waals surface area contributed by atoms with Gasteiger partial charge in [0, 0.05) is 5.56 Å². The maximum absolute atomic E-state index is 11.8. The maximum Gasteiger partial charge on any atom is 0.277 e. The second-order valence-corrected chi connectivity index (χ2v) is 4.83. The van der Waals surface area contributed by atoms with Gasteiger partial charge in [0.15, 0.2) is 6.61 Å². The van der Waals surface area contributed by atoms with Crippen molar-refractivity contribution < 1.29 is 19.7 Å². The van der Waals surface area contributed by atoms with Gasteiger partial charge in [-0.25, -0.2) is 5.43 Å². The van der Waals surface area contributed by atoms with Gasteiger partial charge in [0.05, 0.1) is 11.3 Å². The van der Waals surface area contributed by atoms with Crippen LogP contribution in [-0.4, -0.2) is 28.4 Å². The SMILES string of the molecule is C/C(=N\NC(=O)COc1ccccc1C#N)c1cc(O)ccc1O. The van der Waals surface area contributed by atoms with E-state index in [-0.39, 0.29) is 18.1 Å². The topological polar surface area (TPSA) is 115 Å². The molecule has 0 saturated carbocycles. The van der Waals surface area contributed by atoms with E-state index in [9.17, 15) is 15.0 Å². The summed E-state index contributed by atoms with van der Waals surface area (Å²) in [5.74, 6) is -0.314. The number of hydrazone groups is 1. The molecule has 0 aliphatic rings. The monoisotopic (exact) mass is 325 g/mol. The van der Waals surface area contributed by atoms with Crippen LogP contribution in [0.1, 0.15) is 18.1 Å². The molecule has 0 heterocycles. The Morgan fingerprint density at radius 1 is 1.29 bits per heavy atom. The highest BCUT2D eigenvalue weighted by Gasteiger charge is 2.08. The van der Waals surface area contributed by atoms with Crippen molar-refractivity contribution in [1.29, 1.82) is 5.26 Å². The van der Waals surface area contributed by atoms with E-state index in [1.165, 1.54) is 18.2 Å². The highest BCUT2D eigenvalue weighted by molar-refractivity contribution is 6.01. The summed E-state index contributed by atoms with van der Waals surface area (Å²) in [5, 5.41) is 31.9. The minimum absolute atomic E-state index is 0.0277. The largest absolute Gasteiger partial charge is 0.508 e. The van der Waals surface area contributed by atoms with Crippen molar-refractivity contribution in [3.63, 3.8) is 0 Å². The van der Waals surface area contributed by atoms with Gasteiger partial charge in [-0.1, -0.05) is 12.1 Å². The van der Waals surface area contributed by atoms with Crippen molar-refractivity contribution >= 4 is 11.6 Å². The van der Waals surface area contributed by atoms with Gasteiger partial charge in [-0.3, -0.25) is 4.79 Å². The molecule has 0 aromatic heterocycles. The number of carbonyl (C=O) groups excluding carboxylic acids is 1. The number of aromatic hydroxyl groups is 2. The number of nitriles is 1. The first-order chi connectivity index (χ1) is 11.5. The van der Waals surface area contributed by atoms with Gasteiger partial charge in [0.1, 0.15) is 23.3 Å². The van der Waals surface area contributed by atoms with Crippen molar-refractivity contribution in [3.8, 4) is 23.3 Å². The molecule has 2 rings (SSSR count). The Balaban J connectivity index is 1.97. The molecule has 7 heteroatoms. The van der Waals surface area contributed by atoms with Crippen LogP contribution in [0.5, 0.6) is 17.2 Å². The van der Waals surface area contributed by atoms with Gasteiger partial charge in [0.2, 0.25) is 0 Å². The van der Waals surface area contributed by atoms with E-state index in [2.05, 4.69) is 10.5 Å². The van der Waals surface area contributed by atoms with Crippen LogP contribution in [0.25, 0.3) is 0 Å². The third kappa shape index (κ3) is 4.24. The number of phenols is 2. The first-order valence-electron chi connectivity index (χ1n) is 6.98. The number of nitrogens with one attached hydrogen (secondary N) is 1. The molecule has 0 spiro atoms. The lowest BCUT2D eigenvalue weighted by Gasteiger charge is -2.08. The van der Waals surface area contributed by atoms with Gasteiger partial charge in [-0.15, -0.1) is 0 Å². The number of hydrogen-bond acceptors (Lipinski definition) is 6. The number of benzene rings is 2. The number of amides is 1. The number of para-hydroxylation sites is 1.